The number of fused-ring (bicyclic) bond motifs is 1. The number of hydrogen-bond acceptors (Lipinski definition) is 2. The molecule has 112 valence electrons. The number of halogens is 1. The molecule has 1 heterocycles. The fraction of sp³-hybridized carbons (Fsp3) is 0. The van der Waals surface area contributed by atoms with E-state index < -0.39 is 0 Å². The van der Waals surface area contributed by atoms with Crippen molar-refractivity contribution >= 4 is 39.7 Å². The van der Waals surface area contributed by atoms with Crippen molar-refractivity contribution in [3.63, 3.8) is 0 Å². The van der Waals surface area contributed by atoms with Crippen LogP contribution in [0.2, 0.25) is 5.02 Å². The van der Waals surface area contributed by atoms with E-state index in [0.717, 1.165) is 32.0 Å². The average Bonchev–Trinajstić information content (AvgIpc) is 2.95. The van der Waals surface area contributed by atoms with Gasteiger partial charge in [0.05, 0.1) is 16.9 Å². The van der Waals surface area contributed by atoms with Crippen LogP contribution < -0.4 is 4.67 Å². The van der Waals surface area contributed by atoms with Crippen molar-refractivity contribution in [1.29, 1.82) is 0 Å². The maximum Gasteiger partial charge on any atom is 0.143 e. The highest BCUT2D eigenvalue weighted by Gasteiger charge is 2.07. The van der Waals surface area contributed by atoms with Crippen molar-refractivity contribution in [1.82, 2.24) is 3.96 Å². The van der Waals surface area contributed by atoms with Crippen LogP contribution in [0.1, 0.15) is 0 Å². The smallest absolute Gasteiger partial charge is 0.143 e. The van der Waals surface area contributed by atoms with Crippen LogP contribution in [0.15, 0.2) is 83.9 Å². The van der Waals surface area contributed by atoms with Gasteiger partial charge in [-0.2, -0.15) is 0 Å². The molecule has 0 radical (unpaired) electrons. The Labute approximate surface area is 143 Å². The zero-order valence-electron chi connectivity index (χ0n) is 12.2. The standard InChI is InChI=1S/C19H13ClN2S/c20-14-10-12-16(13-11-14)22-18-9-5-4-8-17(18)19(23-22)21-15-6-2-1-3-7-15/h1-13H. The first kappa shape index (κ1) is 14.2. The van der Waals surface area contributed by atoms with Gasteiger partial charge in [-0.25, -0.2) is 4.99 Å². The highest BCUT2D eigenvalue weighted by atomic mass is 35.5. The minimum Gasteiger partial charge on any atom is -0.264 e. The van der Waals surface area contributed by atoms with E-state index in [2.05, 4.69) is 16.1 Å². The lowest BCUT2D eigenvalue weighted by atomic mass is 10.2. The summed E-state index contributed by atoms with van der Waals surface area (Å²) in [5.74, 6) is 0. The van der Waals surface area contributed by atoms with Gasteiger partial charge < -0.3 is 0 Å². The molecule has 0 atom stereocenters. The SMILES string of the molecule is Clc1ccc(-n2sc(=Nc3ccccc3)c3ccccc32)cc1. The predicted molar refractivity (Wildman–Crippen MR) is 97.8 cm³/mol. The zero-order valence-corrected chi connectivity index (χ0v) is 13.8. The Hall–Kier alpha value is -2.36. The van der Waals surface area contributed by atoms with Crippen molar-refractivity contribution in [3.05, 3.63) is 88.6 Å². The van der Waals surface area contributed by atoms with E-state index in [1.54, 1.807) is 11.5 Å². The lowest BCUT2D eigenvalue weighted by Crippen LogP contribution is -1.91. The van der Waals surface area contributed by atoms with Gasteiger partial charge in [0.25, 0.3) is 0 Å². The van der Waals surface area contributed by atoms with Gasteiger partial charge in [-0.3, -0.25) is 3.96 Å². The van der Waals surface area contributed by atoms with Gasteiger partial charge >= 0.3 is 0 Å². The van der Waals surface area contributed by atoms with Crippen LogP contribution in [-0.2, 0) is 0 Å². The lowest BCUT2D eigenvalue weighted by molar-refractivity contribution is 1.26. The molecule has 23 heavy (non-hydrogen) atoms. The minimum atomic E-state index is 0.740. The Morgan fingerprint density at radius 2 is 1.48 bits per heavy atom. The van der Waals surface area contributed by atoms with Gasteiger partial charge in [0.2, 0.25) is 0 Å². The zero-order chi connectivity index (χ0) is 15.6. The van der Waals surface area contributed by atoms with E-state index in [1.807, 2.05) is 66.7 Å². The van der Waals surface area contributed by atoms with E-state index in [4.69, 9.17) is 16.6 Å². The maximum absolute atomic E-state index is 6.01. The average molecular weight is 337 g/mol. The molecule has 4 heteroatoms. The normalized spacial score (nSPS) is 12.0. The number of nitrogens with zero attached hydrogens (tertiary/aromatic N) is 2. The summed E-state index contributed by atoms with van der Waals surface area (Å²) in [4.78, 5) is 4.80. The first-order chi connectivity index (χ1) is 11.3. The molecule has 0 aliphatic carbocycles. The number of aromatic nitrogens is 1. The number of para-hydroxylation sites is 2. The maximum atomic E-state index is 6.01. The second-order valence-electron chi connectivity index (χ2n) is 5.13. The first-order valence-corrected chi connectivity index (χ1v) is 8.43. The molecule has 0 aliphatic rings. The molecule has 0 spiro atoms. The van der Waals surface area contributed by atoms with Crippen LogP contribution in [0.5, 0.6) is 0 Å². The Morgan fingerprint density at radius 1 is 0.783 bits per heavy atom. The second kappa shape index (κ2) is 6.03. The molecule has 4 rings (SSSR count). The number of benzene rings is 3. The predicted octanol–water partition coefficient (Wildman–Crippen LogP) is 5.58. The molecule has 0 saturated heterocycles. The van der Waals surface area contributed by atoms with Gasteiger partial charge in [-0.15, -0.1) is 0 Å². The molecule has 0 N–H and O–H groups in total. The first-order valence-electron chi connectivity index (χ1n) is 7.28. The van der Waals surface area contributed by atoms with Crippen molar-refractivity contribution < 1.29 is 0 Å². The lowest BCUT2D eigenvalue weighted by Gasteiger charge is -2.03. The van der Waals surface area contributed by atoms with Gasteiger partial charge in [-0.1, -0.05) is 41.9 Å². The van der Waals surface area contributed by atoms with E-state index in [9.17, 15) is 0 Å². The van der Waals surface area contributed by atoms with Gasteiger partial charge in [0.15, 0.2) is 0 Å². The Balaban J connectivity index is 1.97. The molecule has 2 nitrogen and oxygen atoms in total. The van der Waals surface area contributed by atoms with Gasteiger partial charge in [0, 0.05) is 10.4 Å². The molecule has 0 fully saturated rings. The van der Waals surface area contributed by atoms with Crippen molar-refractivity contribution in [2.75, 3.05) is 0 Å². The third kappa shape index (κ3) is 2.81. The molecule has 0 amide bonds. The summed E-state index contributed by atoms with van der Waals surface area (Å²) in [5.41, 5.74) is 3.20. The van der Waals surface area contributed by atoms with E-state index in [-0.39, 0.29) is 0 Å². The monoisotopic (exact) mass is 336 g/mol. The van der Waals surface area contributed by atoms with Crippen LogP contribution in [0.25, 0.3) is 16.6 Å². The van der Waals surface area contributed by atoms with E-state index in [1.165, 1.54) is 0 Å². The largest absolute Gasteiger partial charge is 0.264 e. The highest BCUT2D eigenvalue weighted by molar-refractivity contribution is 7.05. The minimum absolute atomic E-state index is 0.740. The van der Waals surface area contributed by atoms with Gasteiger partial charge in [0.1, 0.15) is 4.67 Å². The van der Waals surface area contributed by atoms with Crippen molar-refractivity contribution in [2.24, 2.45) is 4.99 Å². The molecule has 4 aromatic rings. The van der Waals surface area contributed by atoms with Gasteiger partial charge in [-0.05, 0) is 60.1 Å². The fourth-order valence-electron chi connectivity index (χ4n) is 2.49. The third-order valence-corrected chi connectivity index (χ3v) is 4.91. The topological polar surface area (TPSA) is 17.3 Å². The summed E-state index contributed by atoms with van der Waals surface area (Å²) >= 11 is 7.64. The summed E-state index contributed by atoms with van der Waals surface area (Å²) in [6, 6.07) is 26.2. The summed E-state index contributed by atoms with van der Waals surface area (Å²) in [6.07, 6.45) is 0. The number of rotatable bonds is 2. The van der Waals surface area contributed by atoms with Crippen LogP contribution in [0.4, 0.5) is 5.69 Å². The molecule has 1 aromatic heterocycles. The number of hydrogen-bond donors (Lipinski definition) is 0. The molecule has 0 bridgehead atoms. The quantitative estimate of drug-likeness (QED) is 0.455. The Bertz CT molecular complexity index is 1010. The fourth-order valence-corrected chi connectivity index (χ4v) is 3.69. The molecule has 0 aliphatic heterocycles. The summed E-state index contributed by atoms with van der Waals surface area (Å²) in [6.45, 7) is 0. The van der Waals surface area contributed by atoms with E-state index in [0.29, 0.717) is 0 Å². The van der Waals surface area contributed by atoms with E-state index >= 15 is 0 Å². The third-order valence-electron chi connectivity index (χ3n) is 3.58. The molecule has 3 aromatic carbocycles. The molecular weight excluding hydrogens is 324 g/mol. The molecule has 0 saturated carbocycles. The van der Waals surface area contributed by atoms with Crippen LogP contribution in [0, 0.1) is 0 Å². The molecular formula is C19H13ClN2S. The van der Waals surface area contributed by atoms with Crippen molar-refractivity contribution in [2.45, 2.75) is 0 Å². The van der Waals surface area contributed by atoms with Crippen LogP contribution >= 0.6 is 23.1 Å². The summed E-state index contributed by atoms with van der Waals surface area (Å²) < 4.78 is 3.19. The Morgan fingerprint density at radius 3 is 2.26 bits per heavy atom. The highest BCUT2D eigenvalue weighted by Crippen LogP contribution is 2.22. The second-order valence-corrected chi connectivity index (χ2v) is 6.50. The van der Waals surface area contributed by atoms with Crippen LogP contribution in [-0.4, -0.2) is 3.96 Å². The summed E-state index contributed by atoms with van der Waals surface area (Å²) in [7, 11) is 0. The Kier molecular flexibility index (Phi) is 3.74. The van der Waals surface area contributed by atoms with Crippen molar-refractivity contribution in [3.8, 4) is 5.69 Å². The molecule has 0 unspecified atom stereocenters. The van der Waals surface area contributed by atoms with Crippen LogP contribution in [0.3, 0.4) is 0 Å². The summed E-state index contributed by atoms with van der Waals surface area (Å²) in [5, 5.41) is 1.89.